The van der Waals surface area contributed by atoms with Gasteiger partial charge in [-0.3, -0.25) is 9.59 Å². The van der Waals surface area contributed by atoms with Gasteiger partial charge in [-0.25, -0.2) is 0 Å². The Hall–Kier alpha value is -1.14. The number of hydrogen-bond acceptors (Lipinski definition) is 5. The number of hydrogen-bond donors (Lipinski definition) is 3. The third-order valence-electron chi connectivity index (χ3n) is 11.2. The molecule has 3 N–H and O–H groups in total. The summed E-state index contributed by atoms with van der Waals surface area (Å²) in [6, 6.07) is -0.547. The van der Waals surface area contributed by atoms with Gasteiger partial charge in [0.15, 0.2) is 0 Å². The number of aliphatic hydroxyl groups excluding tert-OH is 2. The van der Waals surface area contributed by atoms with Gasteiger partial charge in [-0.15, -0.1) is 0 Å². The van der Waals surface area contributed by atoms with E-state index in [0.717, 1.165) is 51.4 Å². The van der Waals surface area contributed by atoms with Crippen molar-refractivity contribution in [2.75, 3.05) is 13.2 Å². The van der Waals surface area contributed by atoms with E-state index < -0.39 is 12.1 Å². The van der Waals surface area contributed by atoms with Crippen LogP contribution in [0.5, 0.6) is 0 Å². The van der Waals surface area contributed by atoms with Crippen LogP contribution in [0.2, 0.25) is 0 Å². The fourth-order valence-electron chi connectivity index (χ4n) is 7.46. The Labute approximate surface area is 330 Å². The molecule has 0 aromatic heterocycles. The molecule has 0 aromatic carbocycles. The first-order chi connectivity index (χ1) is 26.0. The van der Waals surface area contributed by atoms with E-state index in [1.807, 2.05) is 0 Å². The molecule has 0 aliphatic rings. The molecule has 316 valence electrons. The summed E-state index contributed by atoms with van der Waals surface area (Å²) in [4.78, 5) is 24.4. The van der Waals surface area contributed by atoms with Crippen molar-refractivity contribution in [1.29, 1.82) is 0 Å². The summed E-state index contributed by atoms with van der Waals surface area (Å²) in [5, 5.41) is 23.1. The molecule has 0 radical (unpaired) electrons. The zero-order valence-electron chi connectivity index (χ0n) is 35.8. The molecule has 0 spiro atoms. The molecule has 2 atom stereocenters. The fraction of sp³-hybridized carbons (Fsp3) is 0.957. The lowest BCUT2D eigenvalue weighted by Gasteiger charge is -2.22. The molecule has 6 heteroatoms. The highest BCUT2D eigenvalue weighted by molar-refractivity contribution is 5.76. The van der Waals surface area contributed by atoms with Crippen molar-refractivity contribution in [3.05, 3.63) is 0 Å². The Kier molecular flexibility index (Phi) is 42.6. The molecule has 1 amide bonds. The van der Waals surface area contributed by atoms with E-state index in [4.69, 9.17) is 4.74 Å². The number of amides is 1. The number of aliphatic hydroxyl groups is 2. The summed E-state index contributed by atoms with van der Waals surface area (Å²) in [7, 11) is 0. The minimum atomic E-state index is -0.669. The average Bonchev–Trinajstić information content (AvgIpc) is 3.16. The summed E-state index contributed by atoms with van der Waals surface area (Å²) < 4.78 is 5.45. The lowest BCUT2D eigenvalue weighted by molar-refractivity contribution is -0.143. The molecule has 53 heavy (non-hydrogen) atoms. The van der Waals surface area contributed by atoms with Gasteiger partial charge in [-0.2, -0.15) is 0 Å². The molecule has 0 bridgehead atoms. The molecular weight excluding hydrogens is 659 g/mol. The molecular formula is C47H93NO5. The van der Waals surface area contributed by atoms with Gasteiger partial charge in [-0.1, -0.05) is 226 Å². The largest absolute Gasteiger partial charge is 0.466 e. The van der Waals surface area contributed by atoms with E-state index in [1.54, 1.807) is 0 Å². The first-order valence-corrected chi connectivity index (χ1v) is 23.8. The monoisotopic (exact) mass is 752 g/mol. The smallest absolute Gasteiger partial charge is 0.305 e. The van der Waals surface area contributed by atoms with Gasteiger partial charge in [0.2, 0.25) is 5.91 Å². The van der Waals surface area contributed by atoms with Crippen LogP contribution in [0.3, 0.4) is 0 Å². The zero-order chi connectivity index (χ0) is 38.7. The molecule has 0 saturated heterocycles. The predicted molar refractivity (Wildman–Crippen MR) is 227 cm³/mol. The van der Waals surface area contributed by atoms with Gasteiger partial charge in [0.1, 0.15) is 0 Å². The Morgan fingerprint density at radius 3 is 1.15 bits per heavy atom. The Morgan fingerprint density at radius 2 is 0.774 bits per heavy atom. The highest BCUT2D eigenvalue weighted by Crippen LogP contribution is 2.16. The van der Waals surface area contributed by atoms with Crippen LogP contribution in [-0.2, 0) is 14.3 Å². The number of unbranched alkanes of at least 4 members (excludes halogenated alkanes) is 33. The molecule has 2 unspecified atom stereocenters. The van der Waals surface area contributed by atoms with Gasteiger partial charge >= 0.3 is 5.97 Å². The predicted octanol–water partition coefficient (Wildman–Crippen LogP) is 13.6. The number of carbonyl (C=O) groups is 2. The van der Waals surface area contributed by atoms with Crippen molar-refractivity contribution in [3.8, 4) is 0 Å². The lowest BCUT2D eigenvalue weighted by Crippen LogP contribution is -2.45. The van der Waals surface area contributed by atoms with E-state index in [-0.39, 0.29) is 18.5 Å². The normalized spacial score (nSPS) is 12.6. The van der Waals surface area contributed by atoms with Gasteiger partial charge in [0, 0.05) is 12.8 Å². The third kappa shape index (κ3) is 40.3. The van der Waals surface area contributed by atoms with E-state index >= 15 is 0 Å². The molecule has 0 fully saturated rings. The number of nitrogens with one attached hydrogen (secondary N) is 1. The number of rotatable bonds is 44. The van der Waals surface area contributed by atoms with E-state index in [9.17, 15) is 19.8 Å². The van der Waals surface area contributed by atoms with Crippen molar-refractivity contribution in [2.45, 2.75) is 276 Å². The maximum absolute atomic E-state index is 12.4. The molecule has 0 heterocycles. The molecule has 6 nitrogen and oxygen atoms in total. The first-order valence-electron chi connectivity index (χ1n) is 23.8. The molecule has 0 aliphatic carbocycles. The lowest BCUT2D eigenvalue weighted by atomic mass is 10.0. The summed E-state index contributed by atoms with van der Waals surface area (Å²) >= 11 is 0. The minimum absolute atomic E-state index is 0.00397. The second kappa shape index (κ2) is 43.6. The average molecular weight is 752 g/mol. The summed E-state index contributed by atoms with van der Waals surface area (Å²) in [6.45, 7) is 4.91. The van der Waals surface area contributed by atoms with Gasteiger partial charge in [-0.05, 0) is 25.7 Å². The maximum Gasteiger partial charge on any atom is 0.305 e. The van der Waals surface area contributed by atoms with Crippen LogP contribution in [0.1, 0.15) is 264 Å². The Balaban J connectivity index is 3.42. The zero-order valence-corrected chi connectivity index (χ0v) is 35.8. The van der Waals surface area contributed by atoms with Crippen LogP contribution in [0.15, 0.2) is 0 Å². The number of carbonyl (C=O) groups excluding carboxylic acids is 2. The van der Waals surface area contributed by atoms with Crippen molar-refractivity contribution < 1.29 is 24.5 Å². The fourth-order valence-corrected chi connectivity index (χ4v) is 7.46. The highest BCUT2D eigenvalue weighted by atomic mass is 16.5. The second-order valence-corrected chi connectivity index (χ2v) is 16.5. The van der Waals surface area contributed by atoms with E-state index in [0.29, 0.717) is 25.9 Å². The molecule has 0 saturated carbocycles. The summed E-state index contributed by atoms with van der Waals surface area (Å²) in [5.74, 6) is -0.0527. The molecule has 0 rings (SSSR count). The molecule has 0 aromatic rings. The topological polar surface area (TPSA) is 95.9 Å². The maximum atomic E-state index is 12.4. The molecule has 0 aliphatic heterocycles. The van der Waals surface area contributed by atoms with Gasteiger partial charge in [0.25, 0.3) is 0 Å². The van der Waals surface area contributed by atoms with Gasteiger partial charge < -0.3 is 20.3 Å². The van der Waals surface area contributed by atoms with Crippen LogP contribution in [-0.4, -0.2) is 47.4 Å². The number of ether oxygens (including phenoxy) is 1. The summed E-state index contributed by atoms with van der Waals surface area (Å²) in [6.07, 6.45) is 46.3. The quantitative estimate of drug-likeness (QED) is 0.0425. The SMILES string of the molecule is CCCCCCCCCCCCCCCC(=O)OCCCCCCCCCCCCCCCC(=O)NC(CO)C(O)CCCCCCCCCCCC. The van der Waals surface area contributed by atoms with Crippen LogP contribution >= 0.6 is 0 Å². The second-order valence-electron chi connectivity index (χ2n) is 16.5. The van der Waals surface area contributed by atoms with Crippen LogP contribution in [0, 0.1) is 0 Å². The van der Waals surface area contributed by atoms with Crippen molar-refractivity contribution in [1.82, 2.24) is 5.32 Å². The Morgan fingerprint density at radius 1 is 0.453 bits per heavy atom. The number of esters is 1. The Bertz CT molecular complexity index is 746. The van der Waals surface area contributed by atoms with E-state index in [1.165, 1.54) is 180 Å². The minimum Gasteiger partial charge on any atom is -0.466 e. The van der Waals surface area contributed by atoms with Gasteiger partial charge in [0.05, 0.1) is 25.4 Å². The van der Waals surface area contributed by atoms with Crippen molar-refractivity contribution >= 4 is 11.9 Å². The van der Waals surface area contributed by atoms with Crippen LogP contribution in [0.4, 0.5) is 0 Å². The van der Waals surface area contributed by atoms with Crippen LogP contribution < -0.4 is 5.32 Å². The summed E-state index contributed by atoms with van der Waals surface area (Å²) in [5.41, 5.74) is 0. The standard InChI is InChI=1S/C47H93NO5/c1-3-5-7-9-11-13-15-17-21-25-29-33-37-41-47(52)53-42-38-34-30-26-22-19-16-18-20-24-28-32-36-40-46(51)48-44(43-49)45(50)39-35-31-27-23-14-12-10-8-6-4-2/h44-45,49-50H,3-43H2,1-2H3,(H,48,51). The third-order valence-corrected chi connectivity index (χ3v) is 11.2. The van der Waals surface area contributed by atoms with Crippen molar-refractivity contribution in [2.24, 2.45) is 0 Å². The highest BCUT2D eigenvalue weighted by Gasteiger charge is 2.20. The van der Waals surface area contributed by atoms with E-state index in [2.05, 4.69) is 19.2 Å². The van der Waals surface area contributed by atoms with Crippen molar-refractivity contribution in [3.63, 3.8) is 0 Å². The first kappa shape index (κ1) is 51.9. The van der Waals surface area contributed by atoms with Crippen LogP contribution in [0.25, 0.3) is 0 Å².